The van der Waals surface area contributed by atoms with Crippen molar-refractivity contribution in [3.8, 4) is 11.4 Å². The van der Waals surface area contributed by atoms with E-state index in [9.17, 15) is 22.8 Å². The lowest BCUT2D eigenvalue weighted by molar-refractivity contribution is -0.137. The molecule has 0 fully saturated rings. The molecular formula is C21H17F3N4O3. The summed E-state index contributed by atoms with van der Waals surface area (Å²) in [7, 11) is 0. The highest BCUT2D eigenvalue weighted by Crippen LogP contribution is 2.39. The monoisotopic (exact) mass is 430 g/mol. The summed E-state index contributed by atoms with van der Waals surface area (Å²) in [5.41, 5.74) is 1.85. The van der Waals surface area contributed by atoms with E-state index in [2.05, 4.69) is 26.6 Å². The number of hydrogen-bond acceptors (Lipinski definition) is 5. The first-order valence-corrected chi connectivity index (χ1v) is 9.32. The van der Waals surface area contributed by atoms with Gasteiger partial charge >= 0.3 is 11.9 Å². The predicted octanol–water partition coefficient (Wildman–Crippen LogP) is 3.41. The number of amides is 1. The third kappa shape index (κ3) is 4.09. The maximum Gasteiger partial charge on any atom is 0.439 e. The largest absolute Gasteiger partial charge is 0.439 e. The molecule has 0 spiro atoms. The minimum absolute atomic E-state index is 0.227. The van der Waals surface area contributed by atoms with E-state index in [-0.39, 0.29) is 17.8 Å². The number of aromatic nitrogens is 2. The number of hydrogen-bond donors (Lipinski definition) is 2. The Kier molecular flexibility index (Phi) is 5.14. The number of rotatable bonds is 4. The summed E-state index contributed by atoms with van der Waals surface area (Å²) in [6.07, 6.45) is -2.87. The SMILES string of the molecule is C=CC(=O)N[C@H]1Cc2c(-c3noc(=O)[nH]3)cccc2N(c2ccc(C(F)(F)F)cc2)C1. The molecule has 0 saturated carbocycles. The van der Waals surface area contributed by atoms with Crippen LogP contribution in [0.1, 0.15) is 11.1 Å². The quantitative estimate of drug-likeness (QED) is 0.619. The fraction of sp³-hybridized carbons (Fsp3) is 0.190. The topological polar surface area (TPSA) is 91.2 Å². The number of halogens is 3. The van der Waals surface area contributed by atoms with E-state index < -0.39 is 17.5 Å². The molecule has 4 rings (SSSR count). The molecule has 10 heteroatoms. The average molecular weight is 430 g/mol. The summed E-state index contributed by atoms with van der Waals surface area (Å²) in [5.74, 6) is -0.849. The second-order valence-corrected chi connectivity index (χ2v) is 7.02. The highest BCUT2D eigenvalue weighted by molar-refractivity contribution is 5.87. The van der Waals surface area contributed by atoms with Crippen LogP contribution in [-0.2, 0) is 17.4 Å². The van der Waals surface area contributed by atoms with Gasteiger partial charge in [0, 0.05) is 23.5 Å². The van der Waals surface area contributed by atoms with Crippen LogP contribution in [0.3, 0.4) is 0 Å². The maximum atomic E-state index is 13.0. The van der Waals surface area contributed by atoms with Crippen molar-refractivity contribution in [2.24, 2.45) is 0 Å². The van der Waals surface area contributed by atoms with E-state index in [1.807, 2.05) is 11.0 Å². The van der Waals surface area contributed by atoms with E-state index in [1.165, 1.54) is 12.1 Å². The highest BCUT2D eigenvalue weighted by Gasteiger charge is 2.32. The zero-order valence-corrected chi connectivity index (χ0v) is 16.1. The van der Waals surface area contributed by atoms with Crippen LogP contribution >= 0.6 is 0 Å². The number of H-pyrrole nitrogens is 1. The lowest BCUT2D eigenvalue weighted by Gasteiger charge is -2.37. The molecule has 7 nitrogen and oxygen atoms in total. The Balaban J connectivity index is 1.80. The molecule has 1 aliphatic rings. The summed E-state index contributed by atoms with van der Waals surface area (Å²) in [5, 5.41) is 6.58. The van der Waals surface area contributed by atoms with Crippen LogP contribution in [0.4, 0.5) is 24.5 Å². The molecule has 0 radical (unpaired) electrons. The Bertz CT molecular complexity index is 1180. The first-order valence-electron chi connectivity index (χ1n) is 9.32. The van der Waals surface area contributed by atoms with Gasteiger partial charge in [0.25, 0.3) is 0 Å². The van der Waals surface area contributed by atoms with Gasteiger partial charge in [0.05, 0.1) is 11.6 Å². The molecule has 0 aliphatic carbocycles. The average Bonchev–Trinajstić information content (AvgIpc) is 3.18. The van der Waals surface area contributed by atoms with Crippen LogP contribution < -0.4 is 16.0 Å². The molecule has 1 aliphatic heterocycles. The zero-order chi connectivity index (χ0) is 22.2. The van der Waals surface area contributed by atoms with Crippen LogP contribution in [0, 0.1) is 0 Å². The van der Waals surface area contributed by atoms with Crippen LogP contribution in [-0.4, -0.2) is 28.6 Å². The molecule has 0 unspecified atom stereocenters. The molecule has 2 heterocycles. The van der Waals surface area contributed by atoms with Crippen molar-refractivity contribution in [2.45, 2.75) is 18.6 Å². The van der Waals surface area contributed by atoms with Crippen LogP contribution in [0.2, 0.25) is 0 Å². The molecule has 2 N–H and O–H groups in total. The molecule has 1 aromatic heterocycles. The number of nitrogens with zero attached hydrogens (tertiary/aromatic N) is 2. The van der Waals surface area contributed by atoms with Crippen LogP contribution in [0.5, 0.6) is 0 Å². The van der Waals surface area contributed by atoms with E-state index in [0.717, 1.165) is 29.5 Å². The third-order valence-electron chi connectivity index (χ3n) is 5.03. The maximum absolute atomic E-state index is 13.0. The second kappa shape index (κ2) is 7.78. The van der Waals surface area contributed by atoms with Crippen molar-refractivity contribution in [1.29, 1.82) is 0 Å². The van der Waals surface area contributed by atoms with Gasteiger partial charge in [-0.1, -0.05) is 23.9 Å². The summed E-state index contributed by atoms with van der Waals surface area (Å²) >= 11 is 0. The highest BCUT2D eigenvalue weighted by atomic mass is 19.4. The van der Waals surface area contributed by atoms with Gasteiger partial charge in [0.1, 0.15) is 0 Å². The van der Waals surface area contributed by atoms with Crippen molar-refractivity contribution in [1.82, 2.24) is 15.5 Å². The molecule has 31 heavy (non-hydrogen) atoms. The summed E-state index contributed by atoms with van der Waals surface area (Å²) in [6, 6.07) is 9.75. The van der Waals surface area contributed by atoms with E-state index in [1.54, 1.807) is 12.1 Å². The molecule has 1 amide bonds. The number of fused-ring (bicyclic) bond motifs is 1. The molecule has 1 atom stereocenters. The Hall–Kier alpha value is -3.82. The lowest BCUT2D eigenvalue weighted by Crippen LogP contribution is -2.46. The number of anilines is 2. The standard InChI is InChI=1S/C21H17F3N4O3/c1-2-18(29)25-13-10-16-15(19-26-20(30)31-27-19)4-3-5-17(16)28(11-13)14-8-6-12(7-9-14)21(22,23)24/h2-9,13H,1,10-11H2,(H,25,29)(H,26,27,30)/t13-/m0/s1. The molecule has 0 saturated heterocycles. The lowest BCUT2D eigenvalue weighted by atomic mass is 9.92. The van der Waals surface area contributed by atoms with Crippen LogP contribution in [0.25, 0.3) is 11.4 Å². The van der Waals surface area contributed by atoms with Gasteiger partial charge in [-0.05, 0) is 48.4 Å². The minimum atomic E-state index is -4.44. The summed E-state index contributed by atoms with van der Waals surface area (Å²) < 4.78 is 43.5. The van der Waals surface area contributed by atoms with E-state index in [4.69, 9.17) is 0 Å². The number of nitrogens with one attached hydrogen (secondary N) is 2. The van der Waals surface area contributed by atoms with Crippen molar-refractivity contribution in [3.63, 3.8) is 0 Å². The number of alkyl halides is 3. The Morgan fingerprint density at radius 2 is 2.00 bits per heavy atom. The van der Waals surface area contributed by atoms with Crippen molar-refractivity contribution in [3.05, 3.63) is 76.8 Å². The Morgan fingerprint density at radius 1 is 1.26 bits per heavy atom. The van der Waals surface area contributed by atoms with Gasteiger partial charge in [0.15, 0.2) is 5.82 Å². The first kappa shape index (κ1) is 20.5. The van der Waals surface area contributed by atoms with Crippen molar-refractivity contribution < 1.29 is 22.5 Å². The molecule has 2 aromatic carbocycles. The van der Waals surface area contributed by atoms with Crippen LogP contribution in [0.15, 0.2) is 64.4 Å². The van der Waals surface area contributed by atoms with Crippen molar-refractivity contribution in [2.75, 3.05) is 11.4 Å². The predicted molar refractivity (Wildman–Crippen MR) is 107 cm³/mol. The third-order valence-corrected chi connectivity index (χ3v) is 5.03. The molecule has 3 aromatic rings. The van der Waals surface area contributed by atoms with Crippen molar-refractivity contribution >= 4 is 17.3 Å². The molecule has 0 bridgehead atoms. The minimum Gasteiger partial charge on any atom is -0.348 e. The Morgan fingerprint density at radius 3 is 2.61 bits per heavy atom. The number of benzene rings is 2. The van der Waals surface area contributed by atoms with Gasteiger partial charge in [-0.3, -0.25) is 14.3 Å². The van der Waals surface area contributed by atoms with E-state index >= 15 is 0 Å². The fourth-order valence-electron chi connectivity index (χ4n) is 3.67. The molecule has 160 valence electrons. The summed E-state index contributed by atoms with van der Waals surface area (Å²) in [6.45, 7) is 3.78. The Labute approximate surface area is 174 Å². The van der Waals surface area contributed by atoms with Gasteiger partial charge < -0.3 is 10.2 Å². The second-order valence-electron chi connectivity index (χ2n) is 7.02. The zero-order valence-electron chi connectivity index (χ0n) is 16.1. The number of carbonyl (C=O) groups excluding carboxylic acids is 1. The number of carbonyl (C=O) groups is 1. The smallest absolute Gasteiger partial charge is 0.348 e. The fourth-order valence-corrected chi connectivity index (χ4v) is 3.67. The van der Waals surface area contributed by atoms with Gasteiger partial charge in [0.2, 0.25) is 5.91 Å². The normalized spacial score (nSPS) is 16.0. The molecular weight excluding hydrogens is 413 g/mol. The summed E-state index contributed by atoms with van der Waals surface area (Å²) in [4.78, 5) is 27.6. The number of aromatic amines is 1. The van der Waals surface area contributed by atoms with Gasteiger partial charge in [-0.2, -0.15) is 13.2 Å². The van der Waals surface area contributed by atoms with E-state index in [0.29, 0.717) is 24.2 Å². The van der Waals surface area contributed by atoms with Gasteiger partial charge in [-0.15, -0.1) is 0 Å². The first-order chi connectivity index (χ1) is 14.8. The van der Waals surface area contributed by atoms with Gasteiger partial charge in [-0.25, -0.2) is 4.79 Å².